The summed E-state index contributed by atoms with van der Waals surface area (Å²) in [5.74, 6) is 1.31. The van der Waals surface area contributed by atoms with Crippen LogP contribution in [0.25, 0.3) is 17.2 Å². The number of aromatic nitrogens is 4. The van der Waals surface area contributed by atoms with Gasteiger partial charge in [0.15, 0.2) is 11.2 Å². The van der Waals surface area contributed by atoms with Crippen LogP contribution in [0.2, 0.25) is 0 Å². The highest BCUT2D eigenvalue weighted by molar-refractivity contribution is 7.21. The highest BCUT2D eigenvalue weighted by Gasteiger charge is 2.24. The van der Waals surface area contributed by atoms with Crippen LogP contribution in [0.3, 0.4) is 0 Å². The monoisotopic (exact) mass is 414 g/mol. The minimum Gasteiger partial charge on any atom is -0.486 e. The molecule has 0 saturated heterocycles. The normalized spacial score (nSPS) is 13.4. The minimum absolute atomic E-state index is 0.0691. The zero-order chi connectivity index (χ0) is 19.7. The maximum absolute atomic E-state index is 14.2. The molecule has 3 heterocycles. The third-order valence-corrected chi connectivity index (χ3v) is 5.86. The number of allylic oxidation sites excluding steroid dienone is 1. The largest absolute Gasteiger partial charge is 0.486 e. The first-order chi connectivity index (χ1) is 13.5. The zero-order valence-corrected chi connectivity index (χ0v) is 16.6. The summed E-state index contributed by atoms with van der Waals surface area (Å²) in [5.41, 5.74) is 0.999. The molecule has 0 bridgehead atoms. The fraction of sp³-hybridized carbons (Fsp3) is 0.105. The second-order valence-corrected chi connectivity index (χ2v) is 7.82. The number of nitrogens with zero attached hydrogens (tertiary/aromatic N) is 3. The number of halogens is 1. The molecular formula is C19H16FN4O2PS. The number of rotatable bonds is 6. The van der Waals surface area contributed by atoms with Gasteiger partial charge in [0.25, 0.3) is 11.3 Å². The van der Waals surface area contributed by atoms with Crippen molar-refractivity contribution in [1.29, 1.82) is 0 Å². The number of alkyl halides is 1. The molecule has 3 aromatic heterocycles. The van der Waals surface area contributed by atoms with Crippen LogP contribution in [0.1, 0.15) is 10.6 Å². The summed E-state index contributed by atoms with van der Waals surface area (Å²) < 4.78 is 21.2. The molecule has 0 fully saturated rings. The minimum atomic E-state index is -1.69. The molecule has 1 N–H and O–H groups in total. The Balaban J connectivity index is 1.57. The summed E-state index contributed by atoms with van der Waals surface area (Å²) in [4.78, 5) is 21.6. The van der Waals surface area contributed by atoms with Crippen molar-refractivity contribution in [2.45, 2.75) is 12.0 Å². The number of thiophene rings is 1. The van der Waals surface area contributed by atoms with Crippen molar-refractivity contribution in [1.82, 2.24) is 19.6 Å². The van der Waals surface area contributed by atoms with E-state index in [1.54, 1.807) is 11.4 Å². The van der Waals surface area contributed by atoms with Gasteiger partial charge in [0.1, 0.15) is 12.4 Å². The van der Waals surface area contributed by atoms with Crippen molar-refractivity contribution in [3.8, 4) is 17.1 Å². The summed E-state index contributed by atoms with van der Waals surface area (Å²) in [6.45, 7) is 3.56. The summed E-state index contributed by atoms with van der Waals surface area (Å²) in [5, 5.41) is 2.96. The molecule has 0 radical (unpaired) electrons. The van der Waals surface area contributed by atoms with E-state index in [0.29, 0.717) is 22.1 Å². The number of ether oxygens (including phenoxy) is 1. The molecule has 0 aliphatic rings. The molecular weight excluding hydrogens is 398 g/mol. The smallest absolute Gasteiger partial charge is 0.274 e. The molecule has 2 atom stereocenters. The van der Waals surface area contributed by atoms with Gasteiger partial charge in [-0.1, -0.05) is 46.2 Å². The quantitative estimate of drug-likeness (QED) is 0.384. The molecule has 4 rings (SSSR count). The molecule has 0 aliphatic heterocycles. The lowest BCUT2D eigenvalue weighted by atomic mass is 10.2. The zero-order valence-electron chi connectivity index (χ0n) is 14.6. The average Bonchev–Trinajstić information content (AvgIpc) is 3.35. The van der Waals surface area contributed by atoms with E-state index >= 15 is 0 Å². The van der Waals surface area contributed by atoms with Crippen molar-refractivity contribution in [2.75, 3.05) is 0 Å². The van der Waals surface area contributed by atoms with Crippen LogP contribution in [0.15, 0.2) is 65.3 Å². The predicted molar refractivity (Wildman–Crippen MR) is 110 cm³/mol. The second kappa shape index (κ2) is 7.30. The van der Waals surface area contributed by atoms with E-state index in [1.165, 1.54) is 28.0 Å². The van der Waals surface area contributed by atoms with E-state index < -0.39 is 5.41 Å². The van der Waals surface area contributed by atoms with Crippen molar-refractivity contribution >= 4 is 26.4 Å². The van der Waals surface area contributed by atoms with E-state index in [9.17, 15) is 9.18 Å². The van der Waals surface area contributed by atoms with Gasteiger partial charge in [0, 0.05) is 17.0 Å². The van der Waals surface area contributed by atoms with Crippen molar-refractivity contribution in [2.24, 2.45) is 0 Å². The van der Waals surface area contributed by atoms with Gasteiger partial charge in [0.2, 0.25) is 0 Å². The fourth-order valence-corrected chi connectivity index (χ4v) is 3.69. The fourth-order valence-electron chi connectivity index (χ4n) is 2.58. The van der Waals surface area contributed by atoms with Crippen LogP contribution in [0, 0.1) is 0 Å². The molecule has 142 valence electrons. The number of benzene rings is 1. The summed E-state index contributed by atoms with van der Waals surface area (Å²) in [6, 6.07) is 12.4. The number of H-pyrrole nitrogens is 1. The van der Waals surface area contributed by atoms with E-state index in [0.717, 1.165) is 5.56 Å². The van der Waals surface area contributed by atoms with Crippen LogP contribution < -0.4 is 10.3 Å². The van der Waals surface area contributed by atoms with Gasteiger partial charge < -0.3 is 4.74 Å². The lowest BCUT2D eigenvalue weighted by molar-refractivity contribution is 0.301. The first-order valence-corrected chi connectivity index (χ1v) is 9.79. The number of aromatic amines is 1. The first-order valence-electron chi connectivity index (χ1n) is 8.33. The van der Waals surface area contributed by atoms with Crippen LogP contribution in [-0.4, -0.2) is 19.6 Å². The van der Waals surface area contributed by atoms with Crippen molar-refractivity contribution in [3.63, 3.8) is 0 Å². The van der Waals surface area contributed by atoms with Crippen molar-refractivity contribution < 1.29 is 9.13 Å². The van der Waals surface area contributed by atoms with Crippen LogP contribution in [-0.2, 0) is 12.0 Å². The summed E-state index contributed by atoms with van der Waals surface area (Å²) >= 11 is 1.23. The standard InChI is InChI=1S/C19H16FN4O2PS/c1-2-19(20,27)15-9-14(11-28-15)26-10-13-8-16(25)24-18(21-13)22-17(23-24)12-6-4-3-5-7-12/h2-9,11H,1,10,27H2,(H,21,22,23)/t19-/m1/s1. The summed E-state index contributed by atoms with van der Waals surface area (Å²) in [7, 11) is 2.11. The number of hydrogen-bond acceptors (Lipinski definition) is 5. The molecule has 0 aliphatic carbocycles. The lowest BCUT2D eigenvalue weighted by Crippen LogP contribution is -2.16. The Hall–Kier alpha value is -2.83. The van der Waals surface area contributed by atoms with Crippen LogP contribution >= 0.6 is 20.6 Å². The molecule has 1 unspecified atom stereocenters. The lowest BCUT2D eigenvalue weighted by Gasteiger charge is -2.11. The van der Waals surface area contributed by atoms with Gasteiger partial charge in [-0.3, -0.25) is 9.89 Å². The van der Waals surface area contributed by atoms with Gasteiger partial charge in [-0.05, 0) is 12.1 Å². The Morgan fingerprint density at radius 2 is 2.11 bits per heavy atom. The molecule has 28 heavy (non-hydrogen) atoms. The summed E-state index contributed by atoms with van der Waals surface area (Å²) in [6.07, 6.45) is 1.21. The van der Waals surface area contributed by atoms with E-state index in [4.69, 9.17) is 4.74 Å². The average molecular weight is 414 g/mol. The number of nitrogens with one attached hydrogen (secondary N) is 1. The highest BCUT2D eigenvalue weighted by Crippen LogP contribution is 2.40. The molecule has 0 saturated carbocycles. The molecule has 1 aromatic carbocycles. The van der Waals surface area contributed by atoms with Crippen LogP contribution in [0.5, 0.6) is 5.75 Å². The second-order valence-electron chi connectivity index (χ2n) is 6.07. The van der Waals surface area contributed by atoms with E-state index in [1.807, 2.05) is 30.3 Å². The predicted octanol–water partition coefficient (Wildman–Crippen LogP) is 3.91. The maximum Gasteiger partial charge on any atom is 0.274 e. The van der Waals surface area contributed by atoms with Crippen molar-refractivity contribution in [3.05, 3.63) is 81.4 Å². The number of hydrogen-bond donors (Lipinski definition) is 1. The number of fused-ring (bicyclic) bond motifs is 1. The Bertz CT molecular complexity index is 1200. The van der Waals surface area contributed by atoms with E-state index in [2.05, 4.69) is 30.9 Å². The van der Waals surface area contributed by atoms with Gasteiger partial charge >= 0.3 is 0 Å². The molecule has 6 nitrogen and oxygen atoms in total. The Morgan fingerprint density at radius 1 is 1.32 bits per heavy atom. The molecule has 0 amide bonds. The third-order valence-electron chi connectivity index (χ3n) is 4.07. The SMILES string of the molecule is C=C[C@@](F)(P)c1cc(OCc2cc(=O)n3[nH]c(-c4ccccc4)nc3n2)cs1. The Morgan fingerprint density at radius 3 is 2.86 bits per heavy atom. The van der Waals surface area contributed by atoms with Gasteiger partial charge in [-0.25, -0.2) is 9.37 Å². The third kappa shape index (κ3) is 3.61. The van der Waals surface area contributed by atoms with Gasteiger partial charge in [-0.2, -0.15) is 9.50 Å². The Kier molecular flexibility index (Phi) is 4.83. The van der Waals surface area contributed by atoms with Gasteiger partial charge in [0.05, 0.1) is 10.6 Å². The Labute approximate surface area is 165 Å². The molecule has 4 aromatic rings. The van der Waals surface area contributed by atoms with Gasteiger partial charge in [-0.15, -0.1) is 11.3 Å². The highest BCUT2D eigenvalue weighted by atomic mass is 32.1. The topological polar surface area (TPSA) is 72.3 Å². The first kappa shape index (κ1) is 18.5. The van der Waals surface area contributed by atoms with Crippen LogP contribution in [0.4, 0.5) is 4.39 Å². The maximum atomic E-state index is 14.2. The van der Waals surface area contributed by atoms with E-state index in [-0.39, 0.29) is 17.9 Å². The molecule has 0 spiro atoms. The molecule has 9 heteroatoms.